The first kappa shape index (κ1) is 26.0. The van der Waals surface area contributed by atoms with Crippen molar-refractivity contribution in [1.29, 1.82) is 0 Å². The van der Waals surface area contributed by atoms with Gasteiger partial charge in [-0.15, -0.1) is 0 Å². The van der Waals surface area contributed by atoms with Crippen LogP contribution in [-0.2, 0) is 16.2 Å². The minimum Gasteiger partial charge on any atom is -0.489 e. The monoisotopic (exact) mass is 573 g/mol. The van der Waals surface area contributed by atoms with Crippen LogP contribution in [0.3, 0.4) is 0 Å². The molecule has 0 bridgehead atoms. The van der Waals surface area contributed by atoms with Gasteiger partial charge in [-0.05, 0) is 43.2 Å². The van der Waals surface area contributed by atoms with Crippen molar-refractivity contribution in [2.75, 3.05) is 4.90 Å². The van der Waals surface area contributed by atoms with Crippen LogP contribution in [0.15, 0.2) is 76.6 Å². The van der Waals surface area contributed by atoms with E-state index in [1.807, 2.05) is 50.2 Å². The van der Waals surface area contributed by atoms with E-state index in [1.165, 1.54) is 23.1 Å². The molecule has 0 aliphatic carbocycles. The van der Waals surface area contributed by atoms with Gasteiger partial charge < -0.3 is 9.72 Å². The molecule has 2 aliphatic rings. The van der Waals surface area contributed by atoms with E-state index >= 15 is 0 Å². The van der Waals surface area contributed by atoms with Gasteiger partial charge in [0.25, 0.3) is 5.69 Å². The standard InChI is InChI=1S/C29H23N3O6S2/c1-15-7-9-18(10-8-15)31-27(33)23-22(24-26(30-29(35)40-24)39-25(23)28(31)34)20-13-19(32(36)37)11-12-21(20)38-14-17-6-4-3-5-16(17)2/h3-13,22-23,25H,14H2,1-2H3,(H,30,35). The van der Waals surface area contributed by atoms with Crippen LogP contribution in [0.2, 0.25) is 0 Å². The van der Waals surface area contributed by atoms with Crippen molar-refractivity contribution in [3.05, 3.63) is 114 Å². The maximum absolute atomic E-state index is 14.0. The Balaban J connectivity index is 1.48. The Bertz CT molecular complexity index is 1730. The SMILES string of the molecule is Cc1ccc(N2C(=O)C3Sc4[nH]c(=O)sc4C(c4cc([N+](=O)[O-])ccc4OCc4ccccc4C)C3C2=O)cc1. The number of ether oxygens (including phenoxy) is 1. The first-order chi connectivity index (χ1) is 19.2. The summed E-state index contributed by atoms with van der Waals surface area (Å²) >= 11 is 2.10. The third kappa shape index (κ3) is 4.40. The number of hydrogen-bond acceptors (Lipinski definition) is 8. The fraction of sp³-hybridized carbons (Fsp3) is 0.207. The summed E-state index contributed by atoms with van der Waals surface area (Å²) in [7, 11) is 0. The highest BCUT2D eigenvalue weighted by Gasteiger charge is 2.57. The molecule has 11 heteroatoms. The Labute approximate surface area is 237 Å². The second-order valence-electron chi connectivity index (χ2n) is 9.79. The van der Waals surface area contributed by atoms with Crippen LogP contribution in [0.5, 0.6) is 5.75 Å². The molecule has 3 unspecified atom stereocenters. The minimum absolute atomic E-state index is 0.176. The van der Waals surface area contributed by atoms with E-state index in [4.69, 9.17) is 4.74 Å². The molecule has 202 valence electrons. The fourth-order valence-corrected chi connectivity index (χ4v) is 7.76. The van der Waals surface area contributed by atoms with Gasteiger partial charge in [0.2, 0.25) is 11.8 Å². The molecular weight excluding hydrogens is 550 g/mol. The number of rotatable bonds is 6. The number of carbonyl (C=O) groups excluding carboxylic acids is 2. The number of carbonyl (C=O) groups is 2. The van der Waals surface area contributed by atoms with Crippen LogP contribution < -0.4 is 14.5 Å². The molecule has 3 aromatic carbocycles. The molecule has 2 amide bonds. The number of nitro groups is 1. The number of nitrogens with one attached hydrogen (secondary N) is 1. The van der Waals surface area contributed by atoms with Gasteiger partial charge in [-0.1, -0.05) is 65.1 Å². The molecule has 0 saturated carbocycles. The summed E-state index contributed by atoms with van der Waals surface area (Å²) in [4.78, 5) is 55.7. The van der Waals surface area contributed by atoms with Crippen LogP contribution in [0.1, 0.15) is 33.0 Å². The van der Waals surface area contributed by atoms with Crippen molar-refractivity contribution < 1.29 is 19.2 Å². The first-order valence-electron chi connectivity index (χ1n) is 12.5. The topological polar surface area (TPSA) is 123 Å². The number of aromatic amines is 1. The third-order valence-corrected chi connectivity index (χ3v) is 9.70. The Morgan fingerprint density at radius 3 is 2.48 bits per heavy atom. The third-order valence-electron chi connectivity index (χ3n) is 7.30. The number of amides is 2. The number of aromatic nitrogens is 1. The molecule has 40 heavy (non-hydrogen) atoms. The van der Waals surface area contributed by atoms with Gasteiger partial charge in [0.1, 0.15) is 17.6 Å². The number of imide groups is 1. The Kier molecular flexibility index (Phi) is 6.55. The van der Waals surface area contributed by atoms with E-state index < -0.39 is 27.9 Å². The molecule has 0 radical (unpaired) electrons. The van der Waals surface area contributed by atoms with Crippen molar-refractivity contribution in [2.24, 2.45) is 5.92 Å². The molecule has 9 nitrogen and oxygen atoms in total. The van der Waals surface area contributed by atoms with Gasteiger partial charge in [-0.3, -0.25) is 24.5 Å². The Morgan fingerprint density at radius 1 is 1.00 bits per heavy atom. The van der Waals surface area contributed by atoms with Crippen molar-refractivity contribution in [3.8, 4) is 5.75 Å². The number of fused-ring (bicyclic) bond motifs is 2. The van der Waals surface area contributed by atoms with Crippen molar-refractivity contribution in [3.63, 3.8) is 0 Å². The van der Waals surface area contributed by atoms with E-state index in [1.54, 1.807) is 12.1 Å². The summed E-state index contributed by atoms with van der Waals surface area (Å²) < 4.78 is 6.23. The summed E-state index contributed by atoms with van der Waals surface area (Å²) in [6.45, 7) is 4.08. The number of anilines is 1. The predicted molar refractivity (Wildman–Crippen MR) is 152 cm³/mol. The lowest BCUT2D eigenvalue weighted by molar-refractivity contribution is -0.385. The largest absolute Gasteiger partial charge is 0.489 e. The van der Waals surface area contributed by atoms with E-state index in [-0.39, 0.29) is 23.1 Å². The van der Waals surface area contributed by atoms with Crippen LogP contribution in [0.4, 0.5) is 11.4 Å². The Hall–Kier alpha value is -4.22. The van der Waals surface area contributed by atoms with Crippen LogP contribution in [0, 0.1) is 29.9 Å². The number of nitrogens with zero attached hydrogens (tertiary/aromatic N) is 2. The van der Waals surface area contributed by atoms with Gasteiger partial charge in [0, 0.05) is 28.5 Å². The molecule has 4 aromatic rings. The second-order valence-corrected chi connectivity index (χ2v) is 12.0. The smallest absolute Gasteiger partial charge is 0.305 e. The molecule has 3 atom stereocenters. The number of nitro benzene ring substituents is 1. The zero-order valence-corrected chi connectivity index (χ0v) is 23.1. The summed E-state index contributed by atoms with van der Waals surface area (Å²) in [5.74, 6) is -2.15. The average Bonchev–Trinajstić information content (AvgIpc) is 3.43. The van der Waals surface area contributed by atoms with E-state index in [0.29, 0.717) is 26.9 Å². The number of benzene rings is 3. The zero-order valence-electron chi connectivity index (χ0n) is 21.5. The highest BCUT2D eigenvalue weighted by atomic mass is 32.2. The molecular formula is C29H23N3O6S2. The van der Waals surface area contributed by atoms with Gasteiger partial charge in [-0.2, -0.15) is 0 Å². The molecule has 1 aromatic heterocycles. The lowest BCUT2D eigenvalue weighted by Crippen LogP contribution is -2.32. The number of hydrogen-bond donors (Lipinski definition) is 1. The van der Waals surface area contributed by atoms with Gasteiger partial charge >= 0.3 is 4.87 Å². The molecule has 0 spiro atoms. The van der Waals surface area contributed by atoms with Crippen LogP contribution >= 0.6 is 23.1 Å². The highest BCUT2D eigenvalue weighted by Crippen LogP contribution is 2.55. The predicted octanol–water partition coefficient (Wildman–Crippen LogP) is 5.34. The van der Waals surface area contributed by atoms with Gasteiger partial charge in [0.15, 0.2) is 0 Å². The number of thiazole rings is 1. The lowest BCUT2D eigenvalue weighted by atomic mass is 9.82. The zero-order chi connectivity index (χ0) is 28.1. The number of H-pyrrole nitrogens is 1. The number of non-ortho nitro benzene ring substituents is 1. The maximum Gasteiger partial charge on any atom is 0.305 e. The quantitative estimate of drug-likeness (QED) is 0.188. The van der Waals surface area contributed by atoms with Crippen molar-refractivity contribution in [1.82, 2.24) is 4.98 Å². The summed E-state index contributed by atoms with van der Waals surface area (Å²) in [6, 6.07) is 19.1. The first-order valence-corrected chi connectivity index (χ1v) is 14.2. The van der Waals surface area contributed by atoms with E-state index in [9.17, 15) is 24.5 Å². The highest BCUT2D eigenvalue weighted by molar-refractivity contribution is 8.00. The summed E-state index contributed by atoms with van der Waals surface area (Å²) in [5, 5.41) is 11.5. The summed E-state index contributed by atoms with van der Waals surface area (Å²) in [5.41, 5.74) is 3.62. The molecule has 1 fully saturated rings. The number of thioether (sulfide) groups is 1. The van der Waals surface area contributed by atoms with E-state index in [2.05, 4.69) is 4.98 Å². The molecule has 1 saturated heterocycles. The second kappa shape index (κ2) is 10.1. The fourth-order valence-electron chi connectivity index (χ4n) is 5.25. The van der Waals surface area contributed by atoms with Crippen molar-refractivity contribution in [2.45, 2.75) is 36.6 Å². The molecule has 2 aliphatic heterocycles. The normalized spacial score (nSPS) is 19.9. The molecule has 6 rings (SSSR count). The van der Waals surface area contributed by atoms with Gasteiger partial charge in [-0.25, -0.2) is 4.90 Å². The van der Waals surface area contributed by atoms with Crippen LogP contribution in [0.25, 0.3) is 0 Å². The number of aryl methyl sites for hydroxylation is 2. The Morgan fingerprint density at radius 2 is 1.75 bits per heavy atom. The average molecular weight is 574 g/mol. The lowest BCUT2D eigenvalue weighted by Gasteiger charge is -2.30. The molecule has 1 N–H and O–H groups in total. The maximum atomic E-state index is 14.0. The van der Waals surface area contributed by atoms with Crippen LogP contribution in [-0.4, -0.2) is 27.0 Å². The van der Waals surface area contributed by atoms with Gasteiger partial charge in [0.05, 0.1) is 21.6 Å². The summed E-state index contributed by atoms with van der Waals surface area (Å²) in [6.07, 6.45) is 0. The molecule has 3 heterocycles. The van der Waals surface area contributed by atoms with Crippen molar-refractivity contribution >= 4 is 46.3 Å². The minimum atomic E-state index is -0.888. The van der Waals surface area contributed by atoms with E-state index in [0.717, 1.165) is 39.8 Å².